The van der Waals surface area contributed by atoms with Crippen molar-refractivity contribution >= 4 is 23.2 Å². The molecule has 2 atom stereocenters. The lowest BCUT2D eigenvalue weighted by Gasteiger charge is -2.39. The number of hydrogen-bond acceptors (Lipinski definition) is 4. The molecule has 0 bridgehead atoms. The van der Waals surface area contributed by atoms with Crippen molar-refractivity contribution in [1.29, 1.82) is 0 Å². The van der Waals surface area contributed by atoms with Crippen LogP contribution < -0.4 is 5.32 Å². The molecule has 0 aromatic heterocycles. The second-order valence-electron chi connectivity index (χ2n) is 10.8. The van der Waals surface area contributed by atoms with Gasteiger partial charge in [-0.25, -0.2) is 17.1 Å². The van der Waals surface area contributed by atoms with Crippen LogP contribution in [-0.4, -0.2) is 51.6 Å². The predicted molar refractivity (Wildman–Crippen MR) is 144 cm³/mol. The number of ether oxygens (including phenoxy) is 1. The maximum Gasteiger partial charge on any atom is 0.230 e. The second-order valence-corrected chi connectivity index (χ2v) is 12.9. The Morgan fingerprint density at radius 3 is 2.49 bits per heavy atom. The molecule has 1 saturated carbocycles. The third kappa shape index (κ3) is 5.36. The average molecular weight is 526 g/mol. The summed E-state index contributed by atoms with van der Waals surface area (Å²) in [5.74, 6) is -0.146. The maximum absolute atomic E-state index is 15.6. The molecule has 1 amide bonds. The molecule has 0 unspecified atom stereocenters. The minimum Gasteiger partial charge on any atom is -0.381 e. The van der Waals surface area contributed by atoms with E-state index in [-0.39, 0.29) is 18.4 Å². The highest BCUT2D eigenvalue weighted by Crippen LogP contribution is 2.40. The van der Waals surface area contributed by atoms with Gasteiger partial charge in [0.2, 0.25) is 15.9 Å². The summed E-state index contributed by atoms with van der Waals surface area (Å²) in [6, 6.07) is 14.2. The molecule has 2 aliphatic heterocycles. The van der Waals surface area contributed by atoms with Gasteiger partial charge < -0.3 is 10.1 Å². The Balaban J connectivity index is 1.41. The van der Waals surface area contributed by atoms with E-state index in [9.17, 15) is 13.2 Å². The second kappa shape index (κ2) is 10.9. The van der Waals surface area contributed by atoms with Gasteiger partial charge in [0.25, 0.3) is 0 Å². The van der Waals surface area contributed by atoms with Gasteiger partial charge in [0.1, 0.15) is 18.3 Å². The van der Waals surface area contributed by atoms with Crippen LogP contribution >= 0.6 is 0 Å². The lowest BCUT2D eigenvalue weighted by atomic mass is 9.70. The fraction of sp³-hybridized carbons (Fsp3) is 0.536. The summed E-state index contributed by atoms with van der Waals surface area (Å²) in [6.45, 7) is 3.53. The molecule has 1 aliphatic carbocycles. The molecule has 3 aliphatic rings. The van der Waals surface area contributed by atoms with Crippen molar-refractivity contribution < 1.29 is 22.3 Å². The van der Waals surface area contributed by atoms with Gasteiger partial charge in [-0.2, -0.15) is 0 Å². The van der Waals surface area contributed by atoms with Gasteiger partial charge in [0.15, 0.2) is 0 Å². The minimum atomic E-state index is -3.67. The van der Waals surface area contributed by atoms with E-state index >= 15 is 4.39 Å². The first-order valence-corrected chi connectivity index (χ1v) is 15.1. The van der Waals surface area contributed by atoms with Gasteiger partial charge in [-0.15, -0.1) is 0 Å². The van der Waals surface area contributed by atoms with E-state index < -0.39 is 26.5 Å². The normalized spacial score (nSPS) is 25.4. The van der Waals surface area contributed by atoms with Crippen molar-refractivity contribution in [2.75, 3.05) is 19.8 Å². The van der Waals surface area contributed by atoms with Gasteiger partial charge in [0, 0.05) is 31.9 Å². The van der Waals surface area contributed by atoms with Crippen LogP contribution in [0, 0.1) is 11.7 Å². The summed E-state index contributed by atoms with van der Waals surface area (Å²) < 4.78 is 50.1. The Bertz CT molecular complexity index is 1220. The topological polar surface area (TPSA) is 75.7 Å². The number of sulfonamides is 1. The molecule has 6 nitrogen and oxygen atoms in total. The van der Waals surface area contributed by atoms with E-state index in [4.69, 9.17) is 4.74 Å². The van der Waals surface area contributed by atoms with Crippen molar-refractivity contribution in [2.24, 2.45) is 5.92 Å². The molecule has 5 rings (SSSR count). The summed E-state index contributed by atoms with van der Waals surface area (Å²) in [7, 11) is -3.00. The first kappa shape index (κ1) is 26.4. The highest BCUT2D eigenvalue weighted by molar-refractivity contribution is 7.89. The number of halogens is 1. The highest BCUT2D eigenvalue weighted by Gasteiger charge is 2.44. The van der Waals surface area contributed by atoms with Gasteiger partial charge >= 0.3 is 0 Å². The zero-order chi connectivity index (χ0) is 26.0. The van der Waals surface area contributed by atoms with Crippen molar-refractivity contribution in [1.82, 2.24) is 9.62 Å². The number of carbonyl (C=O) groups is 1. The fourth-order valence-corrected chi connectivity index (χ4v) is 8.13. The number of rotatable bonds is 8. The van der Waals surface area contributed by atoms with E-state index in [1.165, 1.54) is 10.4 Å². The van der Waals surface area contributed by atoms with Crippen LogP contribution in [0.1, 0.15) is 60.5 Å². The first-order chi connectivity index (χ1) is 17.8. The van der Waals surface area contributed by atoms with Crippen LogP contribution in [0.15, 0.2) is 48.5 Å². The van der Waals surface area contributed by atoms with Gasteiger partial charge in [0.05, 0.1) is 5.41 Å². The van der Waals surface area contributed by atoms with Gasteiger partial charge in [-0.05, 0) is 67.6 Å². The lowest BCUT2D eigenvalue weighted by Crippen LogP contribution is -2.49. The molecule has 9 heteroatoms. The maximum atomic E-state index is 15.6. The van der Waals surface area contributed by atoms with E-state index in [1.807, 2.05) is 43.2 Å². The van der Waals surface area contributed by atoms with E-state index in [2.05, 4.69) is 5.32 Å². The smallest absolute Gasteiger partial charge is 0.230 e. The Labute approximate surface area is 220 Å². The van der Waals surface area contributed by atoms with E-state index in [0.717, 1.165) is 24.8 Å². The SMILES string of the molecule is CB[C@H]1CC[C@H](c2ccccc2)S(=O)(=O)N1Cc1ccc(C2(C(=O)NCC3CC3)CCOCC2)cc1F. The van der Waals surface area contributed by atoms with Crippen molar-refractivity contribution in [2.45, 2.75) is 68.5 Å². The molecular weight excluding hydrogens is 490 g/mol. The molecule has 0 radical (unpaired) electrons. The number of benzene rings is 2. The number of carbonyl (C=O) groups excluding carboxylic acids is 1. The zero-order valence-corrected chi connectivity index (χ0v) is 22.3. The third-order valence-electron chi connectivity index (χ3n) is 8.46. The van der Waals surface area contributed by atoms with Crippen molar-refractivity contribution in [3.8, 4) is 0 Å². The van der Waals surface area contributed by atoms with Crippen LogP contribution in [0.3, 0.4) is 0 Å². The van der Waals surface area contributed by atoms with Crippen molar-refractivity contribution in [3.05, 3.63) is 71.0 Å². The Morgan fingerprint density at radius 2 is 1.84 bits per heavy atom. The summed E-state index contributed by atoms with van der Waals surface area (Å²) in [5.41, 5.74) is 0.923. The molecule has 2 aromatic rings. The lowest BCUT2D eigenvalue weighted by molar-refractivity contribution is -0.130. The van der Waals surface area contributed by atoms with E-state index in [0.29, 0.717) is 63.3 Å². The van der Waals surface area contributed by atoms with Crippen LogP contribution in [0.5, 0.6) is 0 Å². The average Bonchev–Trinajstić information content (AvgIpc) is 3.74. The molecule has 0 spiro atoms. The Morgan fingerprint density at radius 1 is 1.11 bits per heavy atom. The van der Waals surface area contributed by atoms with Crippen LogP contribution in [0.4, 0.5) is 4.39 Å². The Hall–Kier alpha value is -2.23. The molecule has 2 saturated heterocycles. The summed E-state index contributed by atoms with van der Waals surface area (Å²) in [5, 5.41) is 2.47. The molecule has 37 heavy (non-hydrogen) atoms. The summed E-state index contributed by atoms with van der Waals surface area (Å²) in [4.78, 5) is 13.3. The van der Waals surface area contributed by atoms with Gasteiger partial charge in [-0.3, -0.25) is 4.79 Å². The molecule has 2 heterocycles. The largest absolute Gasteiger partial charge is 0.381 e. The fourth-order valence-electron chi connectivity index (χ4n) is 5.88. The minimum absolute atomic E-state index is 0.0136. The van der Waals surface area contributed by atoms with Crippen LogP contribution in [0.25, 0.3) is 0 Å². The molecule has 3 fully saturated rings. The monoisotopic (exact) mass is 526 g/mol. The standard InChI is InChI=1S/C28H36BFN2O4S/c1-29-26-12-11-25(21-5-3-2-4-6-21)37(34,35)32(26)19-22-9-10-23(17-24(22)30)28(13-15-36-16-14-28)27(33)31-18-20-7-8-20/h2-6,9-10,17,20,25-26,29H,7-8,11-16,18-19H2,1H3,(H,31,33)/t25-,26-/m1/s1. The van der Waals surface area contributed by atoms with Crippen LogP contribution in [-0.2, 0) is 31.5 Å². The highest BCUT2D eigenvalue weighted by atomic mass is 32.2. The zero-order valence-electron chi connectivity index (χ0n) is 21.5. The number of nitrogens with one attached hydrogen (secondary N) is 1. The molecule has 198 valence electrons. The van der Waals surface area contributed by atoms with Gasteiger partial charge in [-0.1, -0.05) is 49.3 Å². The summed E-state index contributed by atoms with van der Waals surface area (Å²) in [6.07, 6.45) is 4.58. The van der Waals surface area contributed by atoms with E-state index in [1.54, 1.807) is 6.07 Å². The number of nitrogens with zero attached hydrogens (tertiary/aromatic N) is 1. The Kier molecular flexibility index (Phi) is 7.75. The summed E-state index contributed by atoms with van der Waals surface area (Å²) >= 11 is 0. The molecular formula is C28H36BFN2O4S. The van der Waals surface area contributed by atoms with Crippen molar-refractivity contribution in [3.63, 3.8) is 0 Å². The predicted octanol–water partition coefficient (Wildman–Crippen LogP) is 3.88. The van der Waals surface area contributed by atoms with Crippen LogP contribution in [0.2, 0.25) is 6.82 Å². The number of amides is 1. The molecule has 1 N–H and O–H groups in total. The number of hydrogen-bond donors (Lipinski definition) is 1. The first-order valence-electron chi connectivity index (χ1n) is 13.6. The quantitative estimate of drug-likeness (QED) is 0.530. The molecule has 2 aromatic carbocycles. The third-order valence-corrected chi connectivity index (χ3v) is 10.8.